The van der Waals surface area contributed by atoms with Crippen molar-refractivity contribution in [2.75, 3.05) is 32.8 Å². The molecule has 0 aromatic heterocycles. The molecule has 1 aliphatic rings. The highest BCUT2D eigenvalue weighted by Crippen LogP contribution is 2.16. The number of hydrogen-bond donors (Lipinski definition) is 1. The molecular weight excluding hydrogens is 233 g/mol. The van der Waals surface area contributed by atoms with Gasteiger partial charge in [-0.05, 0) is 32.4 Å². The van der Waals surface area contributed by atoms with Gasteiger partial charge in [0, 0.05) is 19.1 Å². The maximum atomic E-state index is 11.8. The first-order valence-electron chi connectivity index (χ1n) is 6.17. The Kier molecular flexibility index (Phi) is 6.22. The van der Waals surface area contributed by atoms with Gasteiger partial charge in [-0.25, -0.2) is 0 Å². The van der Waals surface area contributed by atoms with E-state index in [1.54, 1.807) is 0 Å². The molecule has 1 fully saturated rings. The van der Waals surface area contributed by atoms with Crippen LogP contribution in [0.2, 0.25) is 0 Å². The number of hydrogen-bond acceptors (Lipinski definition) is 3. The molecule has 1 heterocycles. The predicted molar refractivity (Wildman–Crippen MR) is 59.8 cm³/mol. The summed E-state index contributed by atoms with van der Waals surface area (Å²) in [5, 5.41) is 3.35. The van der Waals surface area contributed by atoms with E-state index in [1.165, 1.54) is 0 Å². The van der Waals surface area contributed by atoms with Gasteiger partial charge in [0.15, 0.2) is 0 Å². The molecule has 1 saturated heterocycles. The van der Waals surface area contributed by atoms with Crippen molar-refractivity contribution in [2.45, 2.75) is 38.6 Å². The minimum Gasteiger partial charge on any atom is -0.313 e. The summed E-state index contributed by atoms with van der Waals surface area (Å²) in [5.74, 6) is 0. The summed E-state index contributed by atoms with van der Waals surface area (Å²) in [7, 11) is 0. The second-order valence-electron chi connectivity index (χ2n) is 4.39. The molecule has 0 aromatic rings. The average Bonchev–Trinajstić information content (AvgIpc) is 2.68. The van der Waals surface area contributed by atoms with E-state index in [4.69, 9.17) is 0 Å². The van der Waals surface area contributed by atoms with E-state index < -0.39 is 6.36 Å². The maximum absolute atomic E-state index is 11.8. The van der Waals surface area contributed by atoms with E-state index in [1.807, 2.05) is 11.8 Å². The third kappa shape index (κ3) is 6.85. The molecule has 0 amide bonds. The Morgan fingerprint density at radius 3 is 2.65 bits per heavy atom. The fraction of sp³-hybridized carbons (Fsp3) is 1.00. The standard InChI is InChI=1S/C11H21F3N2O/c1-2-6-16(7-8-17-11(12,13)14)9-10-4-3-5-15-10/h10,15H,2-9H2,1H3. The summed E-state index contributed by atoms with van der Waals surface area (Å²) >= 11 is 0. The largest absolute Gasteiger partial charge is 0.522 e. The first kappa shape index (κ1) is 14.7. The van der Waals surface area contributed by atoms with Crippen LogP contribution in [-0.4, -0.2) is 50.1 Å². The van der Waals surface area contributed by atoms with Crippen LogP contribution >= 0.6 is 0 Å². The highest BCUT2D eigenvalue weighted by Gasteiger charge is 2.29. The Balaban J connectivity index is 2.22. The molecule has 1 atom stereocenters. The zero-order valence-electron chi connectivity index (χ0n) is 10.2. The van der Waals surface area contributed by atoms with Gasteiger partial charge in [0.1, 0.15) is 0 Å². The van der Waals surface area contributed by atoms with Gasteiger partial charge in [-0.3, -0.25) is 9.64 Å². The van der Waals surface area contributed by atoms with Crippen LogP contribution in [0.5, 0.6) is 0 Å². The van der Waals surface area contributed by atoms with Crippen LogP contribution in [0.4, 0.5) is 13.2 Å². The molecule has 0 bridgehead atoms. The molecule has 6 heteroatoms. The van der Waals surface area contributed by atoms with E-state index in [0.717, 1.165) is 38.9 Å². The van der Waals surface area contributed by atoms with Crippen LogP contribution in [0.25, 0.3) is 0 Å². The van der Waals surface area contributed by atoms with E-state index >= 15 is 0 Å². The Bertz CT molecular complexity index is 205. The van der Waals surface area contributed by atoms with Crippen molar-refractivity contribution in [3.63, 3.8) is 0 Å². The predicted octanol–water partition coefficient (Wildman–Crippen LogP) is 1.99. The quantitative estimate of drug-likeness (QED) is 0.752. The second-order valence-corrected chi connectivity index (χ2v) is 4.39. The van der Waals surface area contributed by atoms with Crippen LogP contribution in [0.3, 0.4) is 0 Å². The van der Waals surface area contributed by atoms with E-state index in [9.17, 15) is 13.2 Å². The molecule has 1 aliphatic heterocycles. The fourth-order valence-corrected chi connectivity index (χ4v) is 2.13. The molecule has 0 saturated carbocycles. The summed E-state index contributed by atoms with van der Waals surface area (Å²) in [6.45, 7) is 4.74. The molecule has 1 unspecified atom stereocenters. The first-order valence-corrected chi connectivity index (χ1v) is 6.17. The topological polar surface area (TPSA) is 24.5 Å². The summed E-state index contributed by atoms with van der Waals surface area (Å²) in [4.78, 5) is 2.04. The molecular formula is C11H21F3N2O. The van der Waals surface area contributed by atoms with Gasteiger partial charge in [-0.1, -0.05) is 6.92 Å². The molecule has 102 valence electrons. The summed E-state index contributed by atoms with van der Waals surface area (Å²) < 4.78 is 39.3. The normalized spacial score (nSPS) is 21.4. The lowest BCUT2D eigenvalue weighted by molar-refractivity contribution is -0.325. The minimum absolute atomic E-state index is 0.282. The first-order chi connectivity index (χ1) is 8.01. The van der Waals surface area contributed by atoms with Crippen molar-refractivity contribution in [3.05, 3.63) is 0 Å². The lowest BCUT2D eigenvalue weighted by atomic mass is 10.2. The SMILES string of the molecule is CCCN(CCOC(F)(F)F)CC1CCCN1. The number of nitrogens with zero attached hydrogens (tertiary/aromatic N) is 1. The third-order valence-corrected chi connectivity index (χ3v) is 2.85. The van der Waals surface area contributed by atoms with Gasteiger partial charge < -0.3 is 5.32 Å². The van der Waals surface area contributed by atoms with E-state index in [2.05, 4.69) is 10.1 Å². The van der Waals surface area contributed by atoms with Crippen molar-refractivity contribution in [3.8, 4) is 0 Å². The Morgan fingerprint density at radius 1 is 1.35 bits per heavy atom. The molecule has 0 aromatic carbocycles. The van der Waals surface area contributed by atoms with Crippen molar-refractivity contribution in [1.29, 1.82) is 0 Å². The molecule has 17 heavy (non-hydrogen) atoms. The van der Waals surface area contributed by atoms with Crippen LogP contribution in [-0.2, 0) is 4.74 Å². The highest BCUT2D eigenvalue weighted by molar-refractivity contribution is 4.77. The monoisotopic (exact) mass is 254 g/mol. The van der Waals surface area contributed by atoms with Gasteiger partial charge in [-0.15, -0.1) is 13.2 Å². The van der Waals surface area contributed by atoms with Crippen molar-refractivity contribution < 1.29 is 17.9 Å². The van der Waals surface area contributed by atoms with Gasteiger partial charge in [0.05, 0.1) is 6.61 Å². The number of halogens is 3. The lowest BCUT2D eigenvalue weighted by Gasteiger charge is -2.25. The van der Waals surface area contributed by atoms with Crippen LogP contribution in [0.15, 0.2) is 0 Å². The zero-order valence-corrected chi connectivity index (χ0v) is 10.2. The molecule has 0 spiro atoms. The minimum atomic E-state index is -4.51. The van der Waals surface area contributed by atoms with Crippen LogP contribution < -0.4 is 5.32 Å². The smallest absolute Gasteiger partial charge is 0.313 e. The number of nitrogens with one attached hydrogen (secondary N) is 1. The highest BCUT2D eigenvalue weighted by atomic mass is 19.4. The van der Waals surface area contributed by atoms with Crippen molar-refractivity contribution in [1.82, 2.24) is 10.2 Å². The summed E-state index contributed by atoms with van der Waals surface area (Å²) in [5.41, 5.74) is 0. The average molecular weight is 254 g/mol. The number of rotatable bonds is 7. The third-order valence-electron chi connectivity index (χ3n) is 2.85. The van der Waals surface area contributed by atoms with E-state index in [-0.39, 0.29) is 6.61 Å². The maximum Gasteiger partial charge on any atom is 0.522 e. The van der Waals surface area contributed by atoms with Crippen molar-refractivity contribution in [2.24, 2.45) is 0 Å². The zero-order chi connectivity index (χ0) is 12.7. The van der Waals surface area contributed by atoms with Crippen LogP contribution in [0, 0.1) is 0 Å². The van der Waals surface area contributed by atoms with Gasteiger partial charge >= 0.3 is 6.36 Å². The Labute approximate surface area is 100 Å². The lowest BCUT2D eigenvalue weighted by Crippen LogP contribution is -2.40. The van der Waals surface area contributed by atoms with Gasteiger partial charge in [0.25, 0.3) is 0 Å². The molecule has 3 nitrogen and oxygen atoms in total. The molecule has 0 radical (unpaired) electrons. The van der Waals surface area contributed by atoms with E-state index in [0.29, 0.717) is 12.6 Å². The molecule has 1 N–H and O–H groups in total. The van der Waals surface area contributed by atoms with Gasteiger partial charge in [0.2, 0.25) is 0 Å². The Morgan fingerprint density at radius 2 is 2.12 bits per heavy atom. The molecule has 1 rings (SSSR count). The summed E-state index contributed by atoms with van der Waals surface area (Å²) in [6, 6.07) is 0.424. The van der Waals surface area contributed by atoms with Crippen LogP contribution in [0.1, 0.15) is 26.2 Å². The number of alkyl halides is 3. The number of ether oxygens (including phenoxy) is 1. The second kappa shape index (κ2) is 7.18. The molecule has 0 aliphatic carbocycles. The summed E-state index contributed by atoms with van der Waals surface area (Å²) in [6.07, 6.45) is -1.30. The van der Waals surface area contributed by atoms with Gasteiger partial charge in [-0.2, -0.15) is 0 Å². The Hall–Kier alpha value is -0.330. The fourth-order valence-electron chi connectivity index (χ4n) is 2.13. The van der Waals surface area contributed by atoms with Crippen molar-refractivity contribution >= 4 is 0 Å².